The van der Waals surface area contributed by atoms with Gasteiger partial charge < -0.3 is 35.3 Å². The van der Waals surface area contributed by atoms with E-state index in [1.54, 1.807) is 66.9 Å². The van der Waals surface area contributed by atoms with Crippen molar-refractivity contribution in [2.75, 3.05) is 62.7 Å². The van der Waals surface area contributed by atoms with Crippen molar-refractivity contribution in [2.45, 2.75) is 149 Å². The Labute approximate surface area is 788 Å². The van der Waals surface area contributed by atoms with Gasteiger partial charge in [0.05, 0.1) is 50.6 Å². The number of ketones is 2. The van der Waals surface area contributed by atoms with E-state index in [-0.39, 0.29) is 94.7 Å². The number of Topliss-reactive ketones (excluding diaryl/α,β-unsaturated/α-hetero) is 2. The summed E-state index contributed by atoms with van der Waals surface area (Å²) in [6, 6.07) is 51.7. The van der Waals surface area contributed by atoms with Crippen LogP contribution in [0.3, 0.4) is 0 Å². The number of para-hydroxylation sites is 2. The third-order valence-electron chi connectivity index (χ3n) is 25.3. The summed E-state index contributed by atoms with van der Waals surface area (Å²) >= 11 is 0. The predicted octanol–water partition coefficient (Wildman–Crippen LogP) is 13.1. The number of aromatic nitrogens is 3. The molecule has 31 nitrogen and oxygen atoms in total. The zero-order chi connectivity index (χ0) is 97.3. The molecule has 136 heavy (non-hydrogen) atoms. The molecule has 7 aliphatic rings. The SMILES string of the molecule is C[N+]1=C(/C=C/C=C/C=C2\N(CCCCCC(=O)NCc3cn(-c4cccc(C(=O)N[C@@H](CCCCN)C(=O)COc5c(F)cc(CCC(=O)C6CCN(S(=O)(=O)c7ccccc7-c7c8ccc(=[N+]9CCc%10cc(S(=O)(=O)O)ccc%109)cc-8oc8cc(N9CCc%10ccccc%109)ccc78)CC6)cc5F)c4)nn3)c3ccccc3C2(C)C)C(C)(C)c2cc(S(=O)(=O)O)ccc21.O=S(=O)=O.O=S(=O)=O. The van der Waals surface area contributed by atoms with E-state index in [4.69, 9.17) is 40.1 Å². The minimum atomic E-state index is -4.43. The van der Waals surface area contributed by atoms with Gasteiger partial charge in [0, 0.05) is 149 Å². The summed E-state index contributed by atoms with van der Waals surface area (Å²) in [7, 11) is -17.3. The molecule has 6 aliphatic heterocycles. The van der Waals surface area contributed by atoms with Gasteiger partial charge in [0.25, 0.3) is 26.1 Å². The maximum atomic E-state index is 15.9. The summed E-state index contributed by atoms with van der Waals surface area (Å²) in [6.45, 7) is 10.1. The number of carbonyl (C=O) groups excluding carboxylic acids is 4. The first-order valence-corrected chi connectivity index (χ1v) is 50.4. The fraction of sp³-hybridized carbons (Fsp3) is 0.306. The number of nitrogens with two attached hydrogens (primary N) is 1. The van der Waals surface area contributed by atoms with Crippen LogP contribution < -0.4 is 40.8 Å². The molecule has 1 atom stereocenters. The molecule has 1 fully saturated rings. The van der Waals surface area contributed by atoms with Crippen LogP contribution in [-0.4, -0.2) is 172 Å². The normalized spacial score (nSPS) is 16.1. The van der Waals surface area contributed by atoms with Crippen LogP contribution in [0.25, 0.3) is 39.1 Å². The van der Waals surface area contributed by atoms with Gasteiger partial charge in [0.1, 0.15) is 36.5 Å². The highest BCUT2D eigenvalue weighted by molar-refractivity contribution is 7.89. The average Bonchev–Trinajstić information content (AvgIpc) is 1.62. The van der Waals surface area contributed by atoms with E-state index < -0.39 is 105 Å². The first kappa shape index (κ1) is 98.9. The Bertz CT molecular complexity index is 7280. The number of nitrogens with one attached hydrogen (secondary N) is 2. The molecule has 16 rings (SSSR count). The molecule has 0 bridgehead atoms. The number of allylic oxidation sites excluding steroid dienone is 6. The molecule has 1 aliphatic carbocycles. The number of hydrogen-bond donors (Lipinski definition) is 5. The summed E-state index contributed by atoms with van der Waals surface area (Å²) in [5.41, 5.74) is 19.3. The molecule has 0 unspecified atom stereocenters. The van der Waals surface area contributed by atoms with E-state index in [1.807, 2.05) is 109 Å². The summed E-state index contributed by atoms with van der Waals surface area (Å²) < 4.78 is 200. The van der Waals surface area contributed by atoms with Crippen molar-refractivity contribution in [3.63, 3.8) is 0 Å². The van der Waals surface area contributed by atoms with Crippen LogP contribution in [0.5, 0.6) is 5.75 Å². The average molecular weight is 1950 g/mol. The Morgan fingerprint density at radius 3 is 2.09 bits per heavy atom. The topological polar surface area (TPSA) is 432 Å². The van der Waals surface area contributed by atoms with Gasteiger partial charge in [0.15, 0.2) is 35.4 Å². The van der Waals surface area contributed by atoms with E-state index >= 15 is 17.2 Å². The highest BCUT2D eigenvalue weighted by atomic mass is 32.2. The summed E-state index contributed by atoms with van der Waals surface area (Å²) in [4.78, 5) is 59.4. The third kappa shape index (κ3) is 22.4. The van der Waals surface area contributed by atoms with Crippen molar-refractivity contribution in [2.24, 2.45) is 11.7 Å². The Kier molecular flexibility index (Phi) is 30.6. The number of sulfonamides is 1. The number of halogens is 2. The number of hydrogen-bond acceptors (Lipinski definition) is 23. The van der Waals surface area contributed by atoms with E-state index in [0.29, 0.717) is 90.0 Å². The summed E-state index contributed by atoms with van der Waals surface area (Å²) in [6.07, 6.45) is 17.1. The maximum absolute atomic E-state index is 15.9. The molecule has 9 aromatic rings. The number of carbonyl (C=O) groups is 4. The highest BCUT2D eigenvalue weighted by Crippen LogP contribution is 2.50. The monoisotopic (exact) mass is 1950 g/mol. The Morgan fingerprint density at radius 2 is 1.36 bits per heavy atom. The lowest BCUT2D eigenvalue weighted by molar-refractivity contribution is -0.401. The standard InChI is InChI=1S/C98H99F2N11O14S3.2O3S/c1-97(2)77-25-13-15-28-85(77)110(92(97)31-9-6-8-30-91-98(3,4)78-59-73(128(121,122)123)37-41-84(78)106(91)5)48-19-7-10-32-93(114)102-60-68-61-111(105-104-68)71-23-20-22-67(55-71)96(115)103-81(26-17-18-47-101)87(113)62-124-95-79(99)53-63(54-80(95)100)33-42-86(112)65-43-49-107(50-44-65)126(116,117)90-29-16-12-24-76(90)94-74-38-34-69(108-51-45-64-21-11-14-27-82(64)108)57-88(74)125-89-58-70(35-39-75(89)94)109-52-46-66-56-72(127(118,119)120)36-40-83(66)109;2*1-4(2)3/h6,8-9,11-16,20-25,27-31,34-41,53-59,61,65,81H,7,10,17-19,26,32-33,42-52,60,62,101H2,1-5H3,(H2-2,102,103,114,115,118,119,120,121,122,123);;/p+2/t81-;;/m0../s1. The molecule has 0 radical (unpaired) electrons. The molecule has 2 amide bonds. The van der Waals surface area contributed by atoms with Crippen LogP contribution >= 0.6 is 0 Å². The van der Waals surface area contributed by atoms with Gasteiger partial charge in [0.2, 0.25) is 32.7 Å². The van der Waals surface area contributed by atoms with Crippen LogP contribution in [0.4, 0.5) is 37.2 Å². The number of anilines is 3. The Hall–Kier alpha value is -13.1. The zero-order valence-electron chi connectivity index (χ0n) is 75.0. The van der Waals surface area contributed by atoms with Crippen molar-refractivity contribution in [1.82, 2.24) is 34.5 Å². The van der Waals surface area contributed by atoms with Crippen LogP contribution in [0.15, 0.2) is 243 Å². The molecule has 7 heterocycles. The molecule has 0 saturated carbocycles. The number of aryl methyl sites for hydroxylation is 1. The quantitative estimate of drug-likeness (QED) is 0.00859. The second-order valence-corrected chi connectivity index (χ2v) is 40.2. The largest absolute Gasteiger partial charge is 0.480 e. The van der Waals surface area contributed by atoms with Crippen molar-refractivity contribution in [3.8, 4) is 33.9 Å². The van der Waals surface area contributed by atoms with Crippen LogP contribution in [0, 0.1) is 17.6 Å². The van der Waals surface area contributed by atoms with Gasteiger partial charge in [-0.3, -0.25) is 28.3 Å². The molecule has 1 aromatic heterocycles. The fourth-order valence-electron chi connectivity index (χ4n) is 18.5. The van der Waals surface area contributed by atoms with Gasteiger partial charge in [-0.15, -0.1) is 30.4 Å². The Morgan fingerprint density at radius 1 is 0.669 bits per heavy atom. The number of ether oxygens (including phenoxy) is 1. The van der Waals surface area contributed by atoms with E-state index in [9.17, 15) is 45.1 Å². The van der Waals surface area contributed by atoms with E-state index in [2.05, 4.69) is 81.0 Å². The minimum Gasteiger partial charge on any atom is -0.480 e. The number of benzene rings is 9. The molecule has 8 aromatic carbocycles. The van der Waals surface area contributed by atoms with Gasteiger partial charge >= 0.3 is 21.2 Å². The summed E-state index contributed by atoms with van der Waals surface area (Å²) in [5, 5.41) is 15.7. The number of unbranched alkanes of at least 4 members (excludes halogenated alkanes) is 3. The van der Waals surface area contributed by atoms with Crippen LogP contribution in [0.2, 0.25) is 0 Å². The second-order valence-electron chi connectivity index (χ2n) is 34.6. The maximum Gasteiger partial charge on any atom is 0.425 e. The number of piperidine rings is 1. The number of nitrogens with zero attached hydrogens (tertiary/aromatic N) is 8. The van der Waals surface area contributed by atoms with Crippen molar-refractivity contribution < 1.29 is 101 Å². The molecular formula is C98H101F2N11O20S5+2. The molecule has 0 spiro atoms. The van der Waals surface area contributed by atoms with Crippen LogP contribution in [-0.2, 0) is 102 Å². The lowest BCUT2D eigenvalue weighted by Crippen LogP contribution is -2.43. The minimum absolute atomic E-state index is 0.0252. The molecule has 6 N–H and O–H groups in total. The lowest BCUT2D eigenvalue weighted by Gasteiger charge is -2.31. The molecule has 38 heteroatoms. The number of fused-ring (bicyclic) bond motifs is 6. The smallest absolute Gasteiger partial charge is 0.425 e. The lowest BCUT2D eigenvalue weighted by atomic mass is 9.81. The van der Waals surface area contributed by atoms with Crippen LogP contribution in [0.1, 0.15) is 136 Å². The van der Waals surface area contributed by atoms with Crippen molar-refractivity contribution in [3.05, 3.63) is 280 Å². The van der Waals surface area contributed by atoms with Crippen molar-refractivity contribution in [1.29, 1.82) is 0 Å². The first-order valence-electron chi connectivity index (χ1n) is 44.1. The van der Waals surface area contributed by atoms with E-state index in [1.165, 1.54) is 44.4 Å². The summed E-state index contributed by atoms with van der Waals surface area (Å²) in [5.74, 6) is -4.70. The predicted molar refractivity (Wildman–Crippen MR) is 505 cm³/mol. The van der Waals surface area contributed by atoms with Gasteiger partial charge in [-0.05, 0) is 192 Å². The zero-order valence-corrected chi connectivity index (χ0v) is 79.1. The van der Waals surface area contributed by atoms with Crippen molar-refractivity contribution >= 4 is 120 Å². The third-order valence-corrected chi connectivity index (χ3v) is 29.0. The second kappa shape index (κ2) is 42.1. The Balaban J connectivity index is 0.00000178. The fourth-order valence-corrected chi connectivity index (χ4v) is 21.2. The van der Waals surface area contributed by atoms with Gasteiger partial charge in [-0.1, -0.05) is 104 Å². The molecular weight excluding hydrogens is 1850 g/mol. The number of rotatable bonds is 32. The van der Waals surface area contributed by atoms with Gasteiger partial charge in [-0.25, -0.2) is 21.9 Å². The number of amides is 2. The van der Waals surface area contributed by atoms with E-state index in [0.717, 1.165) is 101 Å². The molecule has 1 saturated heterocycles. The first-order chi connectivity index (χ1) is 64.8. The highest BCUT2D eigenvalue weighted by Gasteiger charge is 2.45. The molecule has 710 valence electrons. The van der Waals surface area contributed by atoms with Gasteiger partial charge in [-0.2, -0.15) is 30.3 Å².